The zero-order valence-electron chi connectivity index (χ0n) is 14.9. The van der Waals surface area contributed by atoms with Crippen molar-refractivity contribution in [2.75, 3.05) is 16.9 Å². The summed E-state index contributed by atoms with van der Waals surface area (Å²) in [5.74, 6) is -0.620. The topological polar surface area (TPSA) is 66.7 Å². The Bertz CT molecular complexity index is 1320. The summed E-state index contributed by atoms with van der Waals surface area (Å²) in [5, 5.41) is 2.82. The molecule has 140 valence electrons. The smallest absolute Gasteiger partial charge is 0.272 e. The van der Waals surface area contributed by atoms with Gasteiger partial charge in [-0.15, -0.1) is 0 Å². The van der Waals surface area contributed by atoms with E-state index in [4.69, 9.17) is 0 Å². The van der Waals surface area contributed by atoms with Gasteiger partial charge >= 0.3 is 0 Å². The first-order valence-electron chi connectivity index (χ1n) is 8.72. The highest BCUT2D eigenvalue weighted by Crippen LogP contribution is 2.30. The normalized spacial score (nSPS) is 17.1. The van der Waals surface area contributed by atoms with Crippen molar-refractivity contribution in [1.29, 1.82) is 0 Å². The number of aromatic nitrogens is 1. The van der Waals surface area contributed by atoms with Gasteiger partial charge in [0.25, 0.3) is 11.5 Å². The van der Waals surface area contributed by atoms with Crippen molar-refractivity contribution in [3.05, 3.63) is 79.1 Å². The van der Waals surface area contributed by atoms with E-state index in [2.05, 4.69) is 10.3 Å². The van der Waals surface area contributed by atoms with Crippen LogP contribution in [0.15, 0.2) is 52.3 Å². The molecular weight excluding hydrogens is 379 g/mol. The van der Waals surface area contributed by atoms with Gasteiger partial charge in [0, 0.05) is 16.9 Å². The molecule has 0 spiro atoms. The molecule has 5 rings (SSSR count). The monoisotopic (exact) mass is 394 g/mol. The van der Waals surface area contributed by atoms with Crippen molar-refractivity contribution in [3.63, 3.8) is 0 Å². The van der Waals surface area contributed by atoms with Gasteiger partial charge in [0.05, 0.1) is 5.57 Å². The van der Waals surface area contributed by atoms with Crippen LogP contribution in [0.4, 0.5) is 15.8 Å². The molecule has 0 saturated carbocycles. The molecule has 0 radical (unpaired) electrons. The molecule has 2 aromatic carbocycles. The Morgan fingerprint density at radius 3 is 2.86 bits per heavy atom. The van der Waals surface area contributed by atoms with Crippen molar-refractivity contribution in [3.8, 4) is 0 Å². The second kappa shape index (κ2) is 6.13. The maximum atomic E-state index is 13.6. The van der Waals surface area contributed by atoms with Crippen LogP contribution in [0.25, 0.3) is 5.57 Å². The van der Waals surface area contributed by atoms with Gasteiger partial charge in [-0.05, 0) is 37.3 Å². The van der Waals surface area contributed by atoms with Crippen LogP contribution in [0, 0.1) is 12.7 Å². The van der Waals surface area contributed by atoms with Crippen LogP contribution in [0.2, 0.25) is 0 Å². The molecule has 1 amide bonds. The number of carbonyl (C=O) groups is 1. The van der Waals surface area contributed by atoms with E-state index in [-0.39, 0.29) is 24.0 Å². The summed E-state index contributed by atoms with van der Waals surface area (Å²) >= 11 is 1.22. The largest absolute Gasteiger partial charge is 0.333 e. The Labute approximate surface area is 162 Å². The summed E-state index contributed by atoms with van der Waals surface area (Å²) in [4.78, 5) is 32.5. The summed E-state index contributed by atoms with van der Waals surface area (Å²) < 4.78 is 15.5. The molecule has 28 heavy (non-hydrogen) atoms. The maximum Gasteiger partial charge on any atom is 0.272 e. The highest BCUT2D eigenvalue weighted by molar-refractivity contribution is 7.07. The molecule has 0 fully saturated rings. The van der Waals surface area contributed by atoms with E-state index in [0.717, 1.165) is 11.1 Å². The first-order chi connectivity index (χ1) is 13.5. The molecule has 6 nitrogen and oxygen atoms in total. The lowest BCUT2D eigenvalue weighted by molar-refractivity contribution is -0.110. The zero-order chi connectivity index (χ0) is 19.4. The molecule has 0 unspecified atom stereocenters. The second-order valence-electron chi connectivity index (χ2n) is 6.79. The Morgan fingerprint density at radius 2 is 2.04 bits per heavy atom. The van der Waals surface area contributed by atoms with Gasteiger partial charge in [0.1, 0.15) is 23.7 Å². The summed E-state index contributed by atoms with van der Waals surface area (Å²) in [6.07, 6.45) is 0. The van der Waals surface area contributed by atoms with Gasteiger partial charge in [-0.2, -0.15) is 0 Å². The van der Waals surface area contributed by atoms with E-state index in [1.54, 1.807) is 12.1 Å². The van der Waals surface area contributed by atoms with Crippen molar-refractivity contribution in [1.82, 2.24) is 4.57 Å². The first kappa shape index (κ1) is 16.9. The molecule has 0 atom stereocenters. The predicted octanol–water partition coefficient (Wildman–Crippen LogP) is 1.56. The average Bonchev–Trinajstić information content (AvgIpc) is 3.17. The summed E-state index contributed by atoms with van der Waals surface area (Å²) in [6, 6.07) is 11.9. The fraction of sp³-hybridized carbons (Fsp3) is 0.150. The maximum absolute atomic E-state index is 13.6. The van der Waals surface area contributed by atoms with Crippen LogP contribution < -0.4 is 25.1 Å². The number of aryl methyl sites for hydroxylation is 1. The third kappa shape index (κ3) is 2.56. The molecule has 1 N–H and O–H groups in total. The van der Waals surface area contributed by atoms with Crippen LogP contribution in [0.1, 0.15) is 11.1 Å². The van der Waals surface area contributed by atoms with Crippen molar-refractivity contribution in [2.45, 2.75) is 13.6 Å². The van der Waals surface area contributed by atoms with Crippen LogP contribution in [-0.2, 0) is 11.5 Å². The fourth-order valence-corrected chi connectivity index (χ4v) is 4.56. The number of fused-ring (bicyclic) bond motifs is 2. The highest BCUT2D eigenvalue weighted by atomic mass is 32.1. The lowest BCUT2D eigenvalue weighted by Crippen LogP contribution is -2.43. The second-order valence-corrected chi connectivity index (χ2v) is 7.76. The van der Waals surface area contributed by atoms with Gasteiger partial charge in [-0.25, -0.2) is 9.38 Å². The minimum absolute atomic E-state index is 0.257. The molecule has 3 aromatic rings. The number of thiazole rings is 1. The van der Waals surface area contributed by atoms with Crippen molar-refractivity contribution < 1.29 is 9.18 Å². The Hall–Kier alpha value is -3.26. The Morgan fingerprint density at radius 1 is 1.18 bits per heavy atom. The van der Waals surface area contributed by atoms with Crippen LogP contribution in [0.5, 0.6) is 0 Å². The number of carbonyl (C=O) groups excluding carboxylic acids is 1. The molecule has 3 heterocycles. The SMILES string of the molecule is Cc1ccc2c(c1)C(=c1sc3n(c1=O)CN(c1cccc(F)c1)CN=3)C(=O)N2. The van der Waals surface area contributed by atoms with E-state index in [0.29, 0.717) is 33.0 Å². The highest BCUT2D eigenvalue weighted by Gasteiger charge is 2.28. The third-order valence-electron chi connectivity index (χ3n) is 4.87. The Kier molecular flexibility index (Phi) is 3.70. The number of rotatable bonds is 1. The number of hydrogen-bond acceptors (Lipinski definition) is 5. The first-order valence-corrected chi connectivity index (χ1v) is 9.54. The lowest BCUT2D eigenvalue weighted by atomic mass is 10.1. The molecule has 0 bridgehead atoms. The zero-order valence-corrected chi connectivity index (χ0v) is 15.7. The number of nitrogens with zero attached hydrogens (tertiary/aromatic N) is 3. The number of anilines is 2. The summed E-state index contributed by atoms with van der Waals surface area (Å²) in [7, 11) is 0. The molecule has 8 heteroatoms. The number of hydrogen-bond donors (Lipinski definition) is 1. The van der Waals surface area contributed by atoms with Gasteiger partial charge in [-0.3, -0.25) is 14.2 Å². The van der Waals surface area contributed by atoms with E-state index in [1.165, 1.54) is 28.0 Å². The number of nitrogens with one attached hydrogen (secondary N) is 1. The van der Waals surface area contributed by atoms with E-state index in [1.807, 2.05) is 30.0 Å². The molecule has 0 saturated heterocycles. The van der Waals surface area contributed by atoms with Crippen molar-refractivity contribution in [2.24, 2.45) is 4.99 Å². The molecule has 0 aliphatic carbocycles. The Balaban J connectivity index is 1.66. The predicted molar refractivity (Wildman–Crippen MR) is 105 cm³/mol. The number of amides is 1. The van der Waals surface area contributed by atoms with E-state index >= 15 is 0 Å². The van der Waals surface area contributed by atoms with Gasteiger partial charge < -0.3 is 10.2 Å². The third-order valence-corrected chi connectivity index (χ3v) is 5.99. The summed E-state index contributed by atoms with van der Waals surface area (Å²) in [6.45, 7) is 2.52. The average molecular weight is 394 g/mol. The minimum Gasteiger partial charge on any atom is -0.333 e. The molecule has 1 aromatic heterocycles. The van der Waals surface area contributed by atoms with Gasteiger partial charge in [0.2, 0.25) is 0 Å². The van der Waals surface area contributed by atoms with Crippen LogP contribution in [-0.4, -0.2) is 17.1 Å². The lowest BCUT2D eigenvalue weighted by Gasteiger charge is -2.25. The number of benzene rings is 2. The number of halogens is 1. The van der Waals surface area contributed by atoms with E-state index < -0.39 is 0 Å². The molecule has 2 aliphatic heterocycles. The molecule has 2 aliphatic rings. The molecular formula is C20H15FN4O2S. The standard InChI is InChI=1S/C20H15FN4O2S/c1-11-5-6-15-14(7-11)16(18(26)23-15)17-19(27)25-10-24(9-22-20(25)28-17)13-4-2-3-12(21)8-13/h2-8H,9-10H2,1H3,(H,23,26). The van der Waals surface area contributed by atoms with Crippen LogP contribution in [0.3, 0.4) is 0 Å². The van der Waals surface area contributed by atoms with E-state index in [9.17, 15) is 14.0 Å². The fourth-order valence-electron chi connectivity index (χ4n) is 3.50. The quantitative estimate of drug-likeness (QED) is 0.681. The van der Waals surface area contributed by atoms with Crippen LogP contribution >= 0.6 is 11.3 Å². The van der Waals surface area contributed by atoms with Gasteiger partial charge in [0.15, 0.2) is 4.80 Å². The van der Waals surface area contributed by atoms with Crippen molar-refractivity contribution >= 4 is 34.2 Å². The summed E-state index contributed by atoms with van der Waals surface area (Å²) in [5.41, 5.74) is 3.24. The minimum atomic E-state index is -0.341. The van der Waals surface area contributed by atoms with Gasteiger partial charge in [-0.1, -0.05) is 29.0 Å².